The first-order chi connectivity index (χ1) is 10.2. The molecule has 1 atom stereocenters. The van der Waals surface area contributed by atoms with Gasteiger partial charge in [-0.05, 0) is 50.5 Å². The molecule has 2 N–H and O–H groups in total. The molecule has 0 aromatic carbocycles. The zero-order valence-electron chi connectivity index (χ0n) is 12.6. The quantitative estimate of drug-likeness (QED) is 0.928. The third kappa shape index (κ3) is 2.34. The Kier molecular flexibility index (Phi) is 3.20. The van der Waals surface area contributed by atoms with E-state index in [1.165, 1.54) is 44.9 Å². The number of amides is 1. The summed E-state index contributed by atoms with van der Waals surface area (Å²) in [6, 6.07) is 2.86. The highest BCUT2D eigenvalue weighted by atomic mass is 16.2. The first kappa shape index (κ1) is 13.2. The minimum Gasteiger partial charge on any atom is -0.397 e. The van der Waals surface area contributed by atoms with Crippen LogP contribution in [0.2, 0.25) is 0 Å². The Bertz CT molecular complexity index is 540. The van der Waals surface area contributed by atoms with E-state index in [0.29, 0.717) is 12.1 Å². The lowest BCUT2D eigenvalue weighted by Gasteiger charge is -2.29. The number of carbonyl (C=O) groups excluding carboxylic acids is 1. The Morgan fingerprint density at radius 1 is 1.10 bits per heavy atom. The Balaban J connectivity index is 1.58. The summed E-state index contributed by atoms with van der Waals surface area (Å²) < 4.78 is 2.13. The molecule has 2 heterocycles. The van der Waals surface area contributed by atoms with E-state index in [1.54, 1.807) is 0 Å². The Hall–Kier alpha value is -1.45. The van der Waals surface area contributed by atoms with Crippen LogP contribution < -0.4 is 5.73 Å². The molecule has 21 heavy (non-hydrogen) atoms. The summed E-state index contributed by atoms with van der Waals surface area (Å²) in [6.07, 6.45) is 12.0. The molecule has 2 saturated carbocycles. The molecule has 114 valence electrons. The number of likely N-dealkylation sites (tertiary alicyclic amines) is 1. The van der Waals surface area contributed by atoms with Gasteiger partial charge in [0.15, 0.2) is 0 Å². The van der Waals surface area contributed by atoms with Crippen LogP contribution in [0, 0.1) is 5.92 Å². The number of anilines is 1. The first-order valence-electron chi connectivity index (χ1n) is 8.52. The van der Waals surface area contributed by atoms with Crippen molar-refractivity contribution < 1.29 is 4.79 Å². The van der Waals surface area contributed by atoms with Gasteiger partial charge in [0.2, 0.25) is 0 Å². The van der Waals surface area contributed by atoms with Gasteiger partial charge in [-0.3, -0.25) is 4.79 Å². The van der Waals surface area contributed by atoms with Crippen LogP contribution in [0.4, 0.5) is 5.69 Å². The number of nitrogens with zero attached hydrogens (tertiary/aromatic N) is 2. The number of aromatic nitrogens is 1. The van der Waals surface area contributed by atoms with Crippen LogP contribution in [-0.4, -0.2) is 28.0 Å². The van der Waals surface area contributed by atoms with E-state index in [0.717, 1.165) is 30.3 Å². The second kappa shape index (κ2) is 5.08. The van der Waals surface area contributed by atoms with Crippen LogP contribution in [0.3, 0.4) is 0 Å². The van der Waals surface area contributed by atoms with Crippen LogP contribution in [0.15, 0.2) is 12.3 Å². The number of nitrogen functional groups attached to an aromatic ring is 1. The van der Waals surface area contributed by atoms with Crippen molar-refractivity contribution >= 4 is 11.6 Å². The van der Waals surface area contributed by atoms with Crippen molar-refractivity contribution in [1.82, 2.24) is 9.47 Å². The monoisotopic (exact) mass is 287 g/mol. The lowest BCUT2D eigenvalue weighted by atomic mass is 9.96. The van der Waals surface area contributed by atoms with Gasteiger partial charge in [-0.2, -0.15) is 0 Å². The van der Waals surface area contributed by atoms with Gasteiger partial charge in [0.1, 0.15) is 5.69 Å². The van der Waals surface area contributed by atoms with Crippen LogP contribution in [-0.2, 0) is 0 Å². The number of rotatable bonds is 3. The first-order valence-corrected chi connectivity index (χ1v) is 8.52. The van der Waals surface area contributed by atoms with Gasteiger partial charge in [-0.15, -0.1) is 0 Å². The summed E-state index contributed by atoms with van der Waals surface area (Å²) in [5.74, 6) is 0.950. The minimum atomic E-state index is 0.216. The molecule has 3 aliphatic rings. The largest absolute Gasteiger partial charge is 0.397 e. The normalized spacial score (nSPS) is 26.7. The second-order valence-electron chi connectivity index (χ2n) is 7.05. The molecule has 0 bridgehead atoms. The predicted octanol–water partition coefficient (Wildman–Crippen LogP) is 3.20. The van der Waals surface area contributed by atoms with Crippen molar-refractivity contribution in [1.29, 1.82) is 0 Å². The summed E-state index contributed by atoms with van der Waals surface area (Å²) in [5, 5.41) is 0. The van der Waals surface area contributed by atoms with Gasteiger partial charge in [0.25, 0.3) is 5.91 Å². The van der Waals surface area contributed by atoms with Crippen LogP contribution in [0.5, 0.6) is 0 Å². The van der Waals surface area contributed by atoms with Crippen LogP contribution in [0.1, 0.15) is 67.9 Å². The smallest absolute Gasteiger partial charge is 0.270 e. The van der Waals surface area contributed by atoms with Crippen molar-refractivity contribution in [3.63, 3.8) is 0 Å². The van der Waals surface area contributed by atoms with Crippen molar-refractivity contribution in [2.45, 2.75) is 63.5 Å². The van der Waals surface area contributed by atoms with Gasteiger partial charge >= 0.3 is 0 Å². The Morgan fingerprint density at radius 2 is 1.86 bits per heavy atom. The van der Waals surface area contributed by atoms with Crippen LogP contribution in [0.25, 0.3) is 0 Å². The average Bonchev–Trinajstić information content (AvgIpc) is 2.93. The summed E-state index contributed by atoms with van der Waals surface area (Å²) in [5.41, 5.74) is 7.49. The summed E-state index contributed by atoms with van der Waals surface area (Å²) in [7, 11) is 0. The maximum absolute atomic E-state index is 13.0. The standard InChI is InChI=1S/C17H25N3O/c18-13-10-16(20(11-13)14-7-8-14)17(21)19-9-3-6-15(19)12-4-1-2-5-12/h10-12,14-15H,1-9,18H2. The topological polar surface area (TPSA) is 51.3 Å². The summed E-state index contributed by atoms with van der Waals surface area (Å²) in [4.78, 5) is 15.2. The molecule has 1 amide bonds. The molecule has 4 rings (SSSR count). The predicted molar refractivity (Wildman–Crippen MR) is 83.1 cm³/mol. The Morgan fingerprint density at radius 3 is 2.57 bits per heavy atom. The zero-order chi connectivity index (χ0) is 14.4. The molecule has 0 radical (unpaired) electrons. The van der Waals surface area contributed by atoms with E-state index >= 15 is 0 Å². The Labute approximate surface area is 126 Å². The summed E-state index contributed by atoms with van der Waals surface area (Å²) in [6.45, 7) is 0.926. The molecule has 2 aliphatic carbocycles. The van der Waals surface area contributed by atoms with Crippen molar-refractivity contribution in [3.05, 3.63) is 18.0 Å². The molecule has 4 heteroatoms. The van der Waals surface area contributed by atoms with E-state index in [2.05, 4.69) is 9.47 Å². The molecule has 1 aromatic rings. The van der Waals surface area contributed by atoms with Gasteiger partial charge in [-0.25, -0.2) is 0 Å². The van der Waals surface area contributed by atoms with Gasteiger partial charge in [-0.1, -0.05) is 12.8 Å². The second-order valence-corrected chi connectivity index (χ2v) is 7.05. The van der Waals surface area contributed by atoms with Crippen molar-refractivity contribution in [2.75, 3.05) is 12.3 Å². The number of nitrogens with two attached hydrogens (primary N) is 1. The van der Waals surface area contributed by atoms with E-state index < -0.39 is 0 Å². The van der Waals surface area contributed by atoms with E-state index in [-0.39, 0.29) is 5.91 Å². The lowest BCUT2D eigenvalue weighted by Crippen LogP contribution is -2.40. The van der Waals surface area contributed by atoms with Gasteiger partial charge in [0, 0.05) is 24.8 Å². The molecule has 0 spiro atoms. The molecule has 1 unspecified atom stereocenters. The fraction of sp³-hybridized carbons (Fsp3) is 0.706. The van der Waals surface area contributed by atoms with Gasteiger partial charge < -0.3 is 15.2 Å². The lowest BCUT2D eigenvalue weighted by molar-refractivity contribution is 0.0678. The highest BCUT2D eigenvalue weighted by Gasteiger charge is 2.38. The van der Waals surface area contributed by atoms with E-state index in [1.807, 2.05) is 12.3 Å². The van der Waals surface area contributed by atoms with Crippen LogP contribution >= 0.6 is 0 Å². The molecule has 1 saturated heterocycles. The number of carbonyl (C=O) groups is 1. The minimum absolute atomic E-state index is 0.216. The molecule has 4 nitrogen and oxygen atoms in total. The van der Waals surface area contributed by atoms with E-state index in [4.69, 9.17) is 5.73 Å². The highest BCUT2D eigenvalue weighted by Crippen LogP contribution is 2.39. The van der Waals surface area contributed by atoms with Crippen molar-refractivity contribution in [2.24, 2.45) is 5.92 Å². The van der Waals surface area contributed by atoms with Gasteiger partial charge in [0.05, 0.1) is 5.69 Å². The number of hydrogen-bond acceptors (Lipinski definition) is 2. The molecular formula is C17H25N3O. The van der Waals surface area contributed by atoms with E-state index in [9.17, 15) is 4.79 Å². The maximum Gasteiger partial charge on any atom is 0.270 e. The fourth-order valence-corrected chi connectivity index (χ4v) is 4.35. The summed E-state index contributed by atoms with van der Waals surface area (Å²) >= 11 is 0. The van der Waals surface area contributed by atoms with Crippen molar-refractivity contribution in [3.8, 4) is 0 Å². The third-order valence-electron chi connectivity index (χ3n) is 5.53. The maximum atomic E-state index is 13.0. The molecular weight excluding hydrogens is 262 g/mol. The number of hydrogen-bond donors (Lipinski definition) is 1. The zero-order valence-corrected chi connectivity index (χ0v) is 12.6. The third-order valence-corrected chi connectivity index (χ3v) is 5.53. The SMILES string of the molecule is Nc1cc(C(=O)N2CCCC2C2CCCC2)n(C2CC2)c1. The fourth-order valence-electron chi connectivity index (χ4n) is 4.35. The molecule has 1 aromatic heterocycles. The highest BCUT2D eigenvalue weighted by molar-refractivity contribution is 5.94. The average molecular weight is 287 g/mol. The molecule has 3 fully saturated rings. The molecule has 1 aliphatic heterocycles.